The quantitative estimate of drug-likeness (QED) is 0.203. The first-order valence-electron chi connectivity index (χ1n) is 20.8. The largest absolute Gasteiger partial charge is 0.334 e. The summed E-state index contributed by atoms with van der Waals surface area (Å²) in [6.45, 7) is 54.6. The minimum atomic E-state index is -1.82. The molecule has 3 unspecified atom stereocenters. The first-order valence-corrected chi connectivity index (χ1v) is 21.9. The zero-order chi connectivity index (χ0) is 42.6. The molecule has 0 bridgehead atoms. The Balaban J connectivity index is 2.25. The Kier molecular flexibility index (Phi) is 14.0. The molecule has 0 radical (unpaired) electrons. The number of aryl methyl sites for hydroxylation is 3. The molecule has 55 heavy (non-hydrogen) atoms. The lowest BCUT2D eigenvalue weighted by atomic mass is 9.76. The van der Waals surface area contributed by atoms with E-state index < -0.39 is 8.60 Å². The van der Waals surface area contributed by atoms with Crippen LogP contribution in [0.15, 0.2) is 36.4 Å². The first kappa shape index (κ1) is 47.3. The number of rotatable bonds is 9. The predicted molar refractivity (Wildman–Crippen MR) is 241 cm³/mol. The van der Waals surface area contributed by atoms with Gasteiger partial charge >= 0.3 is 8.60 Å². The van der Waals surface area contributed by atoms with Crippen molar-refractivity contribution >= 4 is 8.60 Å². The third-order valence-electron chi connectivity index (χ3n) is 11.1. The van der Waals surface area contributed by atoms with Gasteiger partial charge in [0.2, 0.25) is 0 Å². The number of hydrogen-bond donors (Lipinski definition) is 0. The second-order valence-electron chi connectivity index (χ2n) is 22.7. The highest BCUT2D eigenvalue weighted by Gasteiger charge is 2.35. The maximum atomic E-state index is 7.17. The van der Waals surface area contributed by atoms with Gasteiger partial charge in [-0.05, 0) is 141 Å². The van der Waals surface area contributed by atoms with Crippen LogP contribution in [0.5, 0.6) is 0 Å². The molecule has 0 aliphatic rings. The number of benzene rings is 3. The van der Waals surface area contributed by atoms with Gasteiger partial charge in [-0.1, -0.05) is 161 Å². The second kappa shape index (κ2) is 16.3. The van der Waals surface area contributed by atoms with Crippen LogP contribution < -0.4 is 0 Å². The Morgan fingerprint density at radius 3 is 0.709 bits per heavy atom. The van der Waals surface area contributed by atoms with Gasteiger partial charge in [0.05, 0.1) is 18.3 Å². The van der Waals surface area contributed by atoms with E-state index in [2.05, 4.69) is 203 Å². The van der Waals surface area contributed by atoms with Crippen molar-refractivity contribution in [1.82, 2.24) is 0 Å². The molecule has 308 valence electrons. The van der Waals surface area contributed by atoms with Gasteiger partial charge in [0.25, 0.3) is 0 Å². The summed E-state index contributed by atoms with van der Waals surface area (Å²) < 4.78 is 21.5. The summed E-state index contributed by atoms with van der Waals surface area (Å²) in [5.41, 5.74) is 15.2. The molecule has 0 saturated heterocycles. The average Bonchev–Trinajstić information content (AvgIpc) is 2.96. The molecule has 0 aliphatic carbocycles. The van der Waals surface area contributed by atoms with Crippen molar-refractivity contribution in [3.8, 4) is 0 Å². The van der Waals surface area contributed by atoms with E-state index in [0.29, 0.717) is 0 Å². The highest BCUT2D eigenvalue weighted by atomic mass is 31.2. The molecule has 3 rings (SSSR count). The molecule has 0 aliphatic heterocycles. The lowest BCUT2D eigenvalue weighted by Gasteiger charge is -2.35. The zero-order valence-electron chi connectivity index (χ0n) is 39.9. The molecule has 3 aromatic carbocycles. The van der Waals surface area contributed by atoms with Gasteiger partial charge in [0.15, 0.2) is 0 Å². The Morgan fingerprint density at radius 2 is 0.545 bits per heavy atom. The molecule has 0 amide bonds. The van der Waals surface area contributed by atoms with E-state index in [4.69, 9.17) is 13.6 Å². The SMILES string of the molecule is Cc1cc(C(C)(C)C)cc(C(C)(C)C)c1C(C)OP(OC(C)c1c(C)cc(C(C)(C)C)cc1C(C)(C)C)OC(C)c1c(C)cc(C(C)(C)C)cc1C(C)(C)C. The van der Waals surface area contributed by atoms with Crippen LogP contribution in [0.3, 0.4) is 0 Å². The molecular weight excluding hydrogens is 692 g/mol. The molecular formula is C51H81O3P. The Hall–Kier alpha value is -2.03. The Morgan fingerprint density at radius 1 is 0.345 bits per heavy atom. The predicted octanol–water partition coefficient (Wildman–Crippen LogP) is 16.3. The van der Waals surface area contributed by atoms with Crippen molar-refractivity contribution < 1.29 is 13.6 Å². The maximum Gasteiger partial charge on any atom is 0.334 e. The van der Waals surface area contributed by atoms with E-state index in [-0.39, 0.29) is 50.8 Å². The summed E-state index contributed by atoms with van der Waals surface area (Å²) >= 11 is 0. The Labute approximate surface area is 341 Å². The topological polar surface area (TPSA) is 27.7 Å². The van der Waals surface area contributed by atoms with E-state index in [1.807, 2.05) is 0 Å². The molecule has 0 fully saturated rings. The molecule has 0 heterocycles. The minimum Gasteiger partial charge on any atom is -0.304 e. The van der Waals surface area contributed by atoms with Crippen LogP contribution in [0.1, 0.15) is 230 Å². The van der Waals surface area contributed by atoms with Gasteiger partial charge in [-0.15, -0.1) is 0 Å². The molecule has 3 aromatic rings. The van der Waals surface area contributed by atoms with Crippen molar-refractivity contribution in [2.24, 2.45) is 0 Å². The van der Waals surface area contributed by atoms with Gasteiger partial charge in [-0.2, -0.15) is 0 Å². The summed E-state index contributed by atoms with van der Waals surface area (Å²) in [6, 6.07) is 14.3. The summed E-state index contributed by atoms with van der Waals surface area (Å²) in [4.78, 5) is 0. The fourth-order valence-corrected chi connectivity index (χ4v) is 9.03. The first-order chi connectivity index (χ1) is 24.5. The summed E-state index contributed by atoms with van der Waals surface area (Å²) in [5.74, 6) is 0. The van der Waals surface area contributed by atoms with Crippen molar-refractivity contribution in [3.63, 3.8) is 0 Å². The van der Waals surface area contributed by atoms with E-state index >= 15 is 0 Å². The van der Waals surface area contributed by atoms with Gasteiger partial charge in [0, 0.05) is 0 Å². The lowest BCUT2D eigenvalue weighted by Crippen LogP contribution is -2.22. The lowest BCUT2D eigenvalue weighted by molar-refractivity contribution is 0.0772. The van der Waals surface area contributed by atoms with E-state index in [1.165, 1.54) is 66.8 Å². The third kappa shape index (κ3) is 11.6. The standard InChI is InChI=1S/C51H81O3P/c1-31-25-37(46(7,8)9)28-40(49(16,17)18)43(31)34(4)52-55(53-35(5)44-32(2)26-38(47(10,11)12)29-41(44)50(19,20)21)54-36(6)45-33(3)27-39(48(13,14)15)30-42(45)51(22,23)24/h25-30,34-36H,1-24H3. The summed E-state index contributed by atoms with van der Waals surface area (Å²) in [5, 5.41) is 0. The van der Waals surface area contributed by atoms with Crippen LogP contribution in [0.25, 0.3) is 0 Å². The monoisotopic (exact) mass is 773 g/mol. The van der Waals surface area contributed by atoms with Crippen molar-refractivity contribution in [1.29, 1.82) is 0 Å². The second-order valence-corrected chi connectivity index (χ2v) is 23.8. The van der Waals surface area contributed by atoms with Crippen LogP contribution in [0.2, 0.25) is 0 Å². The molecule has 3 nitrogen and oxygen atoms in total. The fraction of sp³-hybridized carbons (Fsp3) is 0.647. The Bertz CT molecular complexity index is 1590. The van der Waals surface area contributed by atoms with Gasteiger partial charge < -0.3 is 13.6 Å². The summed E-state index contributed by atoms with van der Waals surface area (Å²) in [6.07, 6.45) is -0.773. The van der Waals surface area contributed by atoms with Gasteiger partial charge in [-0.3, -0.25) is 0 Å². The average molecular weight is 773 g/mol. The van der Waals surface area contributed by atoms with Gasteiger partial charge in [-0.25, -0.2) is 0 Å². The van der Waals surface area contributed by atoms with Crippen LogP contribution >= 0.6 is 8.60 Å². The molecule has 3 atom stereocenters. The normalized spacial score (nSPS) is 15.9. The zero-order valence-corrected chi connectivity index (χ0v) is 40.8. The van der Waals surface area contributed by atoms with E-state index in [9.17, 15) is 0 Å². The third-order valence-corrected chi connectivity index (χ3v) is 12.6. The van der Waals surface area contributed by atoms with Crippen LogP contribution in [-0.4, -0.2) is 0 Å². The maximum absolute atomic E-state index is 7.17. The van der Waals surface area contributed by atoms with Crippen LogP contribution in [0, 0.1) is 20.8 Å². The minimum absolute atomic E-state index is 0.0351. The van der Waals surface area contributed by atoms with Crippen LogP contribution in [0.4, 0.5) is 0 Å². The van der Waals surface area contributed by atoms with Crippen LogP contribution in [-0.2, 0) is 46.1 Å². The molecule has 0 aromatic heterocycles. The highest BCUT2D eigenvalue weighted by molar-refractivity contribution is 7.41. The smallest absolute Gasteiger partial charge is 0.304 e. The van der Waals surface area contributed by atoms with Crippen molar-refractivity contribution in [3.05, 3.63) is 103 Å². The summed E-state index contributed by atoms with van der Waals surface area (Å²) in [7, 11) is -1.82. The van der Waals surface area contributed by atoms with E-state index in [0.717, 1.165) is 0 Å². The van der Waals surface area contributed by atoms with E-state index in [1.54, 1.807) is 0 Å². The molecule has 4 heteroatoms. The molecule has 0 spiro atoms. The number of hydrogen-bond acceptors (Lipinski definition) is 3. The molecule has 0 saturated carbocycles. The molecule has 0 N–H and O–H groups in total. The van der Waals surface area contributed by atoms with Gasteiger partial charge in [0.1, 0.15) is 0 Å². The van der Waals surface area contributed by atoms with Crippen molar-refractivity contribution in [2.45, 2.75) is 217 Å². The van der Waals surface area contributed by atoms with Crippen molar-refractivity contribution in [2.75, 3.05) is 0 Å². The fourth-order valence-electron chi connectivity index (χ4n) is 7.79. The highest BCUT2D eigenvalue weighted by Crippen LogP contribution is 2.55.